The van der Waals surface area contributed by atoms with Gasteiger partial charge in [-0.05, 0) is 42.5 Å². The smallest absolute Gasteiger partial charge is 0.243 e. The molecule has 0 spiro atoms. The number of hydrogen-bond donors (Lipinski definition) is 0. The van der Waals surface area contributed by atoms with E-state index in [0.717, 1.165) is 17.8 Å². The molecule has 1 saturated heterocycles. The Morgan fingerprint density at radius 3 is 2.12 bits per heavy atom. The topological polar surface area (TPSA) is 40.6 Å². The van der Waals surface area contributed by atoms with Gasteiger partial charge >= 0.3 is 0 Å². The van der Waals surface area contributed by atoms with Crippen LogP contribution in [0.5, 0.6) is 0 Å². The van der Waals surface area contributed by atoms with Crippen LogP contribution in [0.1, 0.15) is 0 Å². The summed E-state index contributed by atoms with van der Waals surface area (Å²) >= 11 is 12.1. The Bertz CT molecular complexity index is 836. The summed E-state index contributed by atoms with van der Waals surface area (Å²) in [5.74, 6) is -0.462. The number of anilines is 1. The highest BCUT2D eigenvalue weighted by Gasteiger charge is 2.29. The minimum absolute atomic E-state index is 0.0990. The Morgan fingerprint density at radius 2 is 1.54 bits per heavy atom. The first-order chi connectivity index (χ1) is 11.4. The molecule has 128 valence electrons. The molecular weight excluding hydrogens is 374 g/mol. The van der Waals surface area contributed by atoms with E-state index in [2.05, 4.69) is 0 Å². The van der Waals surface area contributed by atoms with Crippen LogP contribution in [-0.4, -0.2) is 38.9 Å². The first-order valence-electron chi connectivity index (χ1n) is 7.33. The molecule has 0 saturated carbocycles. The number of sulfonamides is 1. The molecule has 1 aliphatic rings. The Hall–Kier alpha value is -1.34. The lowest BCUT2D eigenvalue weighted by Gasteiger charge is -2.35. The molecule has 0 N–H and O–H groups in total. The number of rotatable bonds is 3. The van der Waals surface area contributed by atoms with E-state index in [4.69, 9.17) is 23.2 Å². The van der Waals surface area contributed by atoms with Crippen LogP contribution in [0.25, 0.3) is 0 Å². The summed E-state index contributed by atoms with van der Waals surface area (Å²) in [6, 6.07) is 10.1. The largest absolute Gasteiger partial charge is 0.368 e. The fraction of sp³-hybridized carbons (Fsp3) is 0.250. The molecule has 1 fully saturated rings. The highest BCUT2D eigenvalue weighted by molar-refractivity contribution is 7.89. The average molecular weight is 389 g/mol. The second-order valence-corrected chi connectivity index (χ2v) is 8.22. The summed E-state index contributed by atoms with van der Waals surface area (Å²) in [5, 5.41) is 1.10. The summed E-state index contributed by atoms with van der Waals surface area (Å²) in [4.78, 5) is 2.12. The first-order valence-corrected chi connectivity index (χ1v) is 9.53. The van der Waals surface area contributed by atoms with E-state index in [1.54, 1.807) is 12.1 Å². The van der Waals surface area contributed by atoms with Crippen LogP contribution in [-0.2, 0) is 10.0 Å². The summed E-state index contributed by atoms with van der Waals surface area (Å²) in [6.07, 6.45) is 0. The lowest BCUT2D eigenvalue weighted by Crippen LogP contribution is -2.48. The zero-order chi connectivity index (χ0) is 17.3. The van der Waals surface area contributed by atoms with E-state index in [1.165, 1.54) is 16.4 Å². The molecule has 0 aromatic heterocycles. The molecule has 2 aromatic rings. The van der Waals surface area contributed by atoms with E-state index in [-0.39, 0.29) is 4.90 Å². The van der Waals surface area contributed by atoms with Crippen molar-refractivity contribution in [3.05, 3.63) is 58.3 Å². The van der Waals surface area contributed by atoms with Crippen LogP contribution >= 0.6 is 23.2 Å². The van der Waals surface area contributed by atoms with Crippen molar-refractivity contribution in [2.45, 2.75) is 4.90 Å². The van der Waals surface area contributed by atoms with Crippen LogP contribution in [0.15, 0.2) is 47.4 Å². The normalized spacial score (nSPS) is 16.4. The van der Waals surface area contributed by atoms with Gasteiger partial charge in [0.25, 0.3) is 0 Å². The van der Waals surface area contributed by atoms with Crippen LogP contribution < -0.4 is 4.90 Å². The van der Waals surface area contributed by atoms with Gasteiger partial charge in [0.2, 0.25) is 10.0 Å². The summed E-state index contributed by atoms with van der Waals surface area (Å²) in [7, 11) is -3.62. The second kappa shape index (κ2) is 6.88. The van der Waals surface area contributed by atoms with E-state index >= 15 is 0 Å². The molecule has 3 rings (SSSR count). The third-order valence-electron chi connectivity index (χ3n) is 3.94. The molecule has 0 radical (unpaired) electrons. The Labute approximate surface area is 150 Å². The SMILES string of the molecule is O=S(=O)(c1ccc(F)cc1)N1CCN(c2ccc(Cl)cc2Cl)CC1. The van der Waals surface area contributed by atoms with E-state index in [9.17, 15) is 12.8 Å². The van der Waals surface area contributed by atoms with Crippen molar-refractivity contribution in [1.82, 2.24) is 4.31 Å². The quantitative estimate of drug-likeness (QED) is 0.805. The van der Waals surface area contributed by atoms with Gasteiger partial charge in [0.05, 0.1) is 15.6 Å². The van der Waals surface area contributed by atoms with Gasteiger partial charge in [-0.25, -0.2) is 12.8 Å². The molecule has 0 amide bonds. The third kappa shape index (κ3) is 3.52. The molecule has 8 heteroatoms. The second-order valence-electron chi connectivity index (χ2n) is 5.44. The van der Waals surface area contributed by atoms with Crippen LogP contribution in [0.4, 0.5) is 10.1 Å². The standard InChI is InChI=1S/C16H15Cl2FN2O2S/c17-12-1-6-16(15(18)11-12)20-7-9-21(10-8-20)24(22,23)14-4-2-13(19)3-5-14/h1-6,11H,7-10H2. The predicted molar refractivity (Wildman–Crippen MR) is 93.8 cm³/mol. The molecule has 0 bridgehead atoms. The lowest BCUT2D eigenvalue weighted by molar-refractivity contribution is 0.385. The molecule has 0 aliphatic carbocycles. The van der Waals surface area contributed by atoms with Crippen molar-refractivity contribution < 1.29 is 12.8 Å². The predicted octanol–water partition coefficient (Wildman–Crippen LogP) is 3.64. The minimum Gasteiger partial charge on any atom is -0.368 e. The van der Waals surface area contributed by atoms with Crippen LogP contribution in [0, 0.1) is 5.82 Å². The molecular formula is C16H15Cl2FN2O2S. The van der Waals surface area contributed by atoms with Gasteiger partial charge in [-0.15, -0.1) is 0 Å². The maximum absolute atomic E-state index is 13.0. The molecule has 0 unspecified atom stereocenters. The molecule has 1 aliphatic heterocycles. The molecule has 2 aromatic carbocycles. The van der Waals surface area contributed by atoms with Crippen molar-refractivity contribution in [2.24, 2.45) is 0 Å². The van der Waals surface area contributed by atoms with Gasteiger partial charge < -0.3 is 4.90 Å². The zero-order valence-corrected chi connectivity index (χ0v) is 15.0. The number of benzene rings is 2. The minimum atomic E-state index is -3.62. The summed E-state index contributed by atoms with van der Waals surface area (Å²) in [5.41, 5.74) is 0.833. The highest BCUT2D eigenvalue weighted by Crippen LogP contribution is 2.30. The van der Waals surface area contributed by atoms with Gasteiger partial charge in [0.1, 0.15) is 5.82 Å². The maximum Gasteiger partial charge on any atom is 0.243 e. The highest BCUT2D eigenvalue weighted by atomic mass is 35.5. The van der Waals surface area contributed by atoms with Gasteiger partial charge in [-0.1, -0.05) is 23.2 Å². The van der Waals surface area contributed by atoms with Crippen molar-refractivity contribution in [2.75, 3.05) is 31.1 Å². The van der Waals surface area contributed by atoms with Crippen molar-refractivity contribution >= 4 is 38.9 Å². The van der Waals surface area contributed by atoms with E-state index < -0.39 is 15.8 Å². The fourth-order valence-corrected chi connectivity index (χ4v) is 4.61. The van der Waals surface area contributed by atoms with E-state index in [0.29, 0.717) is 36.2 Å². The molecule has 24 heavy (non-hydrogen) atoms. The summed E-state index contributed by atoms with van der Waals surface area (Å²) < 4.78 is 39.6. The van der Waals surface area contributed by atoms with Crippen molar-refractivity contribution in [3.63, 3.8) is 0 Å². The Morgan fingerprint density at radius 1 is 0.917 bits per heavy atom. The van der Waals surface area contributed by atoms with Gasteiger partial charge in [0, 0.05) is 31.2 Å². The monoisotopic (exact) mass is 388 g/mol. The summed E-state index contributed by atoms with van der Waals surface area (Å²) in [6.45, 7) is 1.70. The van der Waals surface area contributed by atoms with Gasteiger partial charge in [-0.3, -0.25) is 0 Å². The number of halogens is 3. The van der Waals surface area contributed by atoms with Crippen LogP contribution in [0.3, 0.4) is 0 Å². The fourth-order valence-electron chi connectivity index (χ4n) is 2.66. The lowest BCUT2D eigenvalue weighted by atomic mass is 10.2. The Kier molecular flexibility index (Phi) is 5.01. The maximum atomic E-state index is 13.0. The number of hydrogen-bond acceptors (Lipinski definition) is 3. The van der Waals surface area contributed by atoms with Crippen molar-refractivity contribution in [3.8, 4) is 0 Å². The molecule has 0 atom stereocenters. The van der Waals surface area contributed by atoms with Gasteiger partial charge in [-0.2, -0.15) is 4.31 Å². The first kappa shape index (κ1) is 17.5. The average Bonchev–Trinajstić information content (AvgIpc) is 2.55. The van der Waals surface area contributed by atoms with E-state index in [1.807, 2.05) is 11.0 Å². The third-order valence-corrected chi connectivity index (χ3v) is 6.39. The zero-order valence-electron chi connectivity index (χ0n) is 12.6. The van der Waals surface area contributed by atoms with Gasteiger partial charge in [0.15, 0.2) is 0 Å². The van der Waals surface area contributed by atoms with Crippen molar-refractivity contribution in [1.29, 1.82) is 0 Å². The molecule has 1 heterocycles. The Balaban J connectivity index is 1.73. The molecule has 4 nitrogen and oxygen atoms in total. The van der Waals surface area contributed by atoms with Crippen LogP contribution in [0.2, 0.25) is 10.0 Å². The number of piperazine rings is 1. The number of nitrogens with zero attached hydrogens (tertiary/aromatic N) is 2.